The van der Waals surface area contributed by atoms with E-state index in [0.29, 0.717) is 17.1 Å². The molecule has 2 nitrogen and oxygen atoms in total. The molecule has 128 valence electrons. The molecule has 0 saturated heterocycles. The summed E-state index contributed by atoms with van der Waals surface area (Å²) in [6.45, 7) is 7.89. The minimum absolute atomic E-state index is 0.302. The molecule has 0 aliphatic rings. The fourth-order valence-electron chi connectivity index (χ4n) is 2.46. The van der Waals surface area contributed by atoms with E-state index in [0.717, 1.165) is 22.5 Å². The monoisotopic (exact) mass is 366 g/mol. The van der Waals surface area contributed by atoms with Crippen molar-refractivity contribution in [2.24, 2.45) is 0 Å². The van der Waals surface area contributed by atoms with Gasteiger partial charge in [-0.25, -0.2) is 4.39 Å². The van der Waals surface area contributed by atoms with E-state index < -0.39 is 0 Å². The molecule has 2 aromatic carbocycles. The van der Waals surface area contributed by atoms with Crippen LogP contribution >= 0.6 is 23.2 Å². The zero-order chi connectivity index (χ0) is 17.9. The Morgan fingerprint density at radius 2 is 1.92 bits per heavy atom. The zero-order valence-electron chi connectivity index (χ0n) is 14.0. The van der Waals surface area contributed by atoms with Crippen LogP contribution in [0.2, 0.25) is 5.02 Å². The van der Waals surface area contributed by atoms with Gasteiger partial charge in [-0.2, -0.15) is 0 Å². The highest BCUT2D eigenvalue weighted by molar-refractivity contribution is 6.33. The lowest BCUT2D eigenvalue weighted by Gasteiger charge is -2.19. The lowest BCUT2D eigenvalue weighted by Crippen LogP contribution is -2.14. The maximum atomic E-state index is 13.7. The number of hydrogen-bond donors (Lipinski definition) is 2. The summed E-state index contributed by atoms with van der Waals surface area (Å²) in [4.78, 5) is -0.363. The number of alkyl halides is 1. The molecule has 0 radical (unpaired) electrons. The van der Waals surface area contributed by atoms with Crippen LogP contribution in [0.15, 0.2) is 48.7 Å². The van der Waals surface area contributed by atoms with Gasteiger partial charge in [0.05, 0.1) is 5.69 Å². The Morgan fingerprint density at radius 3 is 2.54 bits per heavy atom. The highest BCUT2D eigenvalue weighted by atomic mass is 35.5. The van der Waals surface area contributed by atoms with E-state index in [2.05, 4.69) is 17.2 Å². The summed E-state index contributed by atoms with van der Waals surface area (Å²) >= 11 is 12.6. The second kappa shape index (κ2) is 7.45. The van der Waals surface area contributed by atoms with Gasteiger partial charge in [-0.3, -0.25) is 0 Å². The number of rotatable bonds is 6. The van der Waals surface area contributed by atoms with Crippen LogP contribution in [0, 0.1) is 5.82 Å². The maximum absolute atomic E-state index is 13.7. The van der Waals surface area contributed by atoms with Crippen molar-refractivity contribution in [3.8, 4) is 11.1 Å². The summed E-state index contributed by atoms with van der Waals surface area (Å²) in [5.74, 6) is -0.302. The normalized spacial score (nSPS) is 11.2. The van der Waals surface area contributed by atoms with Crippen molar-refractivity contribution < 1.29 is 4.39 Å². The van der Waals surface area contributed by atoms with Crippen molar-refractivity contribution in [2.45, 2.75) is 25.1 Å². The molecule has 0 amide bonds. The van der Waals surface area contributed by atoms with Crippen LogP contribution in [0.4, 0.5) is 15.8 Å². The molecule has 0 spiro atoms. The van der Waals surface area contributed by atoms with E-state index in [1.165, 1.54) is 6.07 Å². The molecule has 2 rings (SSSR count). The van der Waals surface area contributed by atoms with Gasteiger partial charge in [0.1, 0.15) is 5.82 Å². The van der Waals surface area contributed by atoms with Gasteiger partial charge in [-0.05, 0) is 49.7 Å². The SMILES string of the molecule is C=C(CC(C)(C)Cl)Nc1ccc(Cl)c(-c2ccc(F)c(NC)c2)c1. The number of halogens is 3. The summed E-state index contributed by atoms with van der Waals surface area (Å²) in [5.41, 5.74) is 3.75. The largest absolute Gasteiger partial charge is 0.386 e. The fourth-order valence-corrected chi connectivity index (χ4v) is 2.85. The van der Waals surface area contributed by atoms with Gasteiger partial charge in [-0.15, -0.1) is 11.6 Å². The molecule has 24 heavy (non-hydrogen) atoms. The van der Waals surface area contributed by atoms with E-state index in [9.17, 15) is 4.39 Å². The number of hydrogen-bond acceptors (Lipinski definition) is 2. The van der Waals surface area contributed by atoms with Crippen molar-refractivity contribution in [1.82, 2.24) is 0 Å². The highest BCUT2D eigenvalue weighted by Gasteiger charge is 2.15. The predicted octanol–water partition coefficient (Wildman–Crippen LogP) is 6.52. The van der Waals surface area contributed by atoms with Crippen molar-refractivity contribution >= 4 is 34.6 Å². The highest BCUT2D eigenvalue weighted by Crippen LogP contribution is 2.33. The second-order valence-electron chi connectivity index (χ2n) is 6.26. The van der Waals surface area contributed by atoms with Crippen LogP contribution in [0.25, 0.3) is 11.1 Å². The minimum atomic E-state index is -0.363. The van der Waals surface area contributed by atoms with Crippen LogP contribution in [0.3, 0.4) is 0 Å². The molecule has 5 heteroatoms. The molecule has 0 saturated carbocycles. The maximum Gasteiger partial charge on any atom is 0.146 e. The third kappa shape index (κ3) is 4.89. The molecule has 2 N–H and O–H groups in total. The van der Waals surface area contributed by atoms with Crippen LogP contribution < -0.4 is 10.6 Å². The molecule has 0 bridgehead atoms. The standard InChI is InChI=1S/C19H21Cl2FN2/c1-12(11-19(2,3)21)24-14-6-7-16(20)15(10-14)13-5-8-17(22)18(9-13)23-4/h5-10,23-24H,1,11H2,2-4H3. The number of allylic oxidation sites excluding steroid dienone is 1. The zero-order valence-corrected chi connectivity index (χ0v) is 15.5. The topological polar surface area (TPSA) is 24.1 Å². The predicted molar refractivity (Wildman–Crippen MR) is 104 cm³/mol. The van der Waals surface area contributed by atoms with Crippen molar-refractivity contribution in [1.29, 1.82) is 0 Å². The summed E-state index contributed by atoms with van der Waals surface area (Å²) in [7, 11) is 1.68. The molecule has 0 atom stereocenters. The molecule has 0 fully saturated rings. The van der Waals surface area contributed by atoms with Gasteiger partial charge in [0, 0.05) is 40.3 Å². The lowest BCUT2D eigenvalue weighted by molar-refractivity contribution is 0.631. The van der Waals surface area contributed by atoms with E-state index in [1.807, 2.05) is 26.0 Å². The number of anilines is 2. The Hall–Kier alpha value is -1.71. The fraction of sp³-hybridized carbons (Fsp3) is 0.263. The first-order valence-corrected chi connectivity index (χ1v) is 8.36. The van der Waals surface area contributed by atoms with Crippen molar-refractivity contribution in [2.75, 3.05) is 17.7 Å². The first kappa shape index (κ1) is 18.6. The summed E-state index contributed by atoms with van der Waals surface area (Å²) in [5, 5.41) is 6.68. The summed E-state index contributed by atoms with van der Waals surface area (Å²) < 4.78 is 13.7. The quantitative estimate of drug-likeness (QED) is 0.568. The summed E-state index contributed by atoms with van der Waals surface area (Å²) in [6, 6.07) is 10.5. The van der Waals surface area contributed by atoms with Crippen LogP contribution in [0.5, 0.6) is 0 Å². The van der Waals surface area contributed by atoms with E-state index in [-0.39, 0.29) is 10.7 Å². The van der Waals surface area contributed by atoms with Gasteiger partial charge in [0.25, 0.3) is 0 Å². The van der Waals surface area contributed by atoms with Crippen LogP contribution in [-0.4, -0.2) is 11.9 Å². The third-order valence-corrected chi connectivity index (χ3v) is 3.93. The number of benzene rings is 2. The van der Waals surface area contributed by atoms with Crippen LogP contribution in [-0.2, 0) is 0 Å². The Kier molecular flexibility index (Phi) is 5.79. The Labute approximate surface area is 152 Å². The smallest absolute Gasteiger partial charge is 0.146 e. The van der Waals surface area contributed by atoms with Crippen molar-refractivity contribution in [3.05, 3.63) is 59.5 Å². The summed E-state index contributed by atoms with van der Waals surface area (Å²) in [6.07, 6.45) is 0.632. The first-order chi connectivity index (χ1) is 11.2. The average molecular weight is 367 g/mol. The molecule has 0 aliphatic heterocycles. The van der Waals surface area contributed by atoms with Gasteiger partial charge in [0.15, 0.2) is 0 Å². The number of nitrogens with one attached hydrogen (secondary N) is 2. The second-order valence-corrected chi connectivity index (χ2v) is 7.69. The molecule has 0 aliphatic carbocycles. The Balaban J connectivity index is 2.31. The first-order valence-electron chi connectivity index (χ1n) is 7.60. The third-order valence-electron chi connectivity index (χ3n) is 3.47. The van der Waals surface area contributed by atoms with Gasteiger partial charge < -0.3 is 10.6 Å². The molecule has 0 unspecified atom stereocenters. The van der Waals surface area contributed by atoms with E-state index in [4.69, 9.17) is 23.2 Å². The molecule has 0 aromatic heterocycles. The molecular formula is C19H21Cl2FN2. The van der Waals surface area contributed by atoms with Gasteiger partial charge in [-0.1, -0.05) is 24.2 Å². The average Bonchev–Trinajstić information content (AvgIpc) is 2.48. The minimum Gasteiger partial charge on any atom is -0.386 e. The molecular weight excluding hydrogens is 346 g/mol. The van der Waals surface area contributed by atoms with Crippen LogP contribution in [0.1, 0.15) is 20.3 Å². The Bertz CT molecular complexity index is 752. The Morgan fingerprint density at radius 1 is 1.21 bits per heavy atom. The van der Waals surface area contributed by atoms with Gasteiger partial charge >= 0.3 is 0 Å². The van der Waals surface area contributed by atoms with E-state index >= 15 is 0 Å². The van der Waals surface area contributed by atoms with Crippen molar-refractivity contribution in [3.63, 3.8) is 0 Å². The molecule has 2 aromatic rings. The molecule has 0 heterocycles. The van der Waals surface area contributed by atoms with E-state index in [1.54, 1.807) is 25.2 Å². The lowest BCUT2D eigenvalue weighted by atomic mass is 10.0. The van der Waals surface area contributed by atoms with Gasteiger partial charge in [0.2, 0.25) is 0 Å².